The molecule has 5 rings (SSSR count). The largest absolute Gasteiger partial charge is 0.494 e. The number of methoxy groups -OCH3 is 1. The van der Waals surface area contributed by atoms with E-state index in [-0.39, 0.29) is 23.9 Å². The average molecular weight is 659 g/mol. The molecular weight excluding hydrogens is 625 g/mol. The summed E-state index contributed by atoms with van der Waals surface area (Å²) >= 11 is 3.55. The molecular formula is C35H33BrFN3O4. The predicted octanol–water partition coefficient (Wildman–Crippen LogP) is 8.27. The van der Waals surface area contributed by atoms with E-state index in [2.05, 4.69) is 34.9 Å². The Hall–Kier alpha value is -4.50. The van der Waals surface area contributed by atoms with Crippen molar-refractivity contribution in [3.05, 3.63) is 116 Å². The molecule has 0 spiro atoms. The van der Waals surface area contributed by atoms with Crippen molar-refractivity contribution in [1.29, 1.82) is 0 Å². The second-order valence-corrected chi connectivity index (χ2v) is 11.4. The maximum absolute atomic E-state index is 14.1. The van der Waals surface area contributed by atoms with E-state index in [0.29, 0.717) is 50.4 Å². The van der Waals surface area contributed by atoms with Crippen LogP contribution in [0, 0.1) is 12.7 Å². The van der Waals surface area contributed by atoms with Gasteiger partial charge in [0.05, 0.1) is 35.3 Å². The van der Waals surface area contributed by atoms with E-state index in [0.717, 1.165) is 22.4 Å². The lowest BCUT2D eigenvalue weighted by molar-refractivity contribution is 0.278. The second kappa shape index (κ2) is 13.4. The molecule has 0 saturated carbocycles. The number of aryl methyl sites for hydroxylation is 1. The maximum atomic E-state index is 14.1. The molecule has 0 radical (unpaired) electrons. The molecule has 7 nitrogen and oxygen atoms in total. The van der Waals surface area contributed by atoms with Crippen molar-refractivity contribution in [2.45, 2.75) is 40.2 Å². The van der Waals surface area contributed by atoms with Crippen LogP contribution in [0.3, 0.4) is 0 Å². The summed E-state index contributed by atoms with van der Waals surface area (Å²) in [5, 5.41) is 5.10. The minimum absolute atomic E-state index is 0.0242. The van der Waals surface area contributed by atoms with Crippen molar-refractivity contribution in [2.75, 3.05) is 13.7 Å². The number of benzene rings is 4. The van der Waals surface area contributed by atoms with E-state index in [4.69, 9.17) is 19.2 Å². The van der Waals surface area contributed by atoms with Crippen molar-refractivity contribution in [3.63, 3.8) is 0 Å². The Morgan fingerprint density at radius 1 is 1.02 bits per heavy atom. The molecule has 0 unspecified atom stereocenters. The summed E-state index contributed by atoms with van der Waals surface area (Å²) in [4.78, 5) is 18.7. The normalized spacial score (nSPS) is 11.5. The molecule has 0 fully saturated rings. The van der Waals surface area contributed by atoms with E-state index in [1.54, 1.807) is 48.7 Å². The van der Waals surface area contributed by atoms with Gasteiger partial charge in [-0.25, -0.2) is 9.37 Å². The molecule has 0 atom stereocenters. The van der Waals surface area contributed by atoms with Gasteiger partial charge in [-0.3, -0.25) is 4.79 Å². The first kappa shape index (κ1) is 30.9. The van der Waals surface area contributed by atoms with Crippen LogP contribution in [0.2, 0.25) is 0 Å². The van der Waals surface area contributed by atoms with E-state index >= 15 is 0 Å². The smallest absolute Gasteiger partial charge is 0.282 e. The first-order valence-electron chi connectivity index (χ1n) is 14.3. The number of fused-ring (bicyclic) bond motifs is 1. The highest BCUT2D eigenvalue weighted by molar-refractivity contribution is 9.10. The van der Waals surface area contributed by atoms with Crippen LogP contribution >= 0.6 is 15.9 Å². The monoisotopic (exact) mass is 657 g/mol. The fraction of sp³-hybridized carbons (Fsp3) is 0.229. The summed E-state index contributed by atoms with van der Waals surface area (Å²) in [5.74, 6) is 1.91. The minimum Gasteiger partial charge on any atom is -0.494 e. The molecule has 44 heavy (non-hydrogen) atoms. The summed E-state index contributed by atoms with van der Waals surface area (Å²) in [5.41, 5.74) is 4.07. The molecule has 0 aliphatic heterocycles. The highest BCUT2D eigenvalue weighted by atomic mass is 79.9. The number of para-hydroxylation sites is 1. The quantitative estimate of drug-likeness (QED) is 0.141. The van der Waals surface area contributed by atoms with Crippen molar-refractivity contribution in [3.8, 4) is 28.6 Å². The SMILES string of the molecule is CCOc1cc(C)c(-c2nc3ccccc3c(=O)n2N=Cc2cc(Br)c(OCc3ccccc3F)c(OC)c2)cc1C(C)C. The molecule has 0 saturated heterocycles. The lowest BCUT2D eigenvalue weighted by Gasteiger charge is -2.18. The third-order valence-electron chi connectivity index (χ3n) is 7.18. The molecule has 9 heteroatoms. The average Bonchev–Trinajstić information content (AvgIpc) is 3.00. The zero-order valence-corrected chi connectivity index (χ0v) is 26.8. The fourth-order valence-corrected chi connectivity index (χ4v) is 5.49. The number of rotatable bonds is 10. The number of ether oxygens (including phenoxy) is 3. The number of hydrogen-bond acceptors (Lipinski definition) is 6. The number of nitrogens with zero attached hydrogens (tertiary/aromatic N) is 3. The lowest BCUT2D eigenvalue weighted by atomic mass is 9.96. The Labute approximate surface area is 264 Å². The van der Waals surface area contributed by atoms with Crippen LogP contribution < -0.4 is 19.8 Å². The summed E-state index contributed by atoms with van der Waals surface area (Å²) < 4.78 is 33.5. The van der Waals surface area contributed by atoms with Gasteiger partial charge in [0.2, 0.25) is 0 Å². The fourth-order valence-electron chi connectivity index (χ4n) is 4.92. The van der Waals surface area contributed by atoms with Crippen molar-refractivity contribution in [1.82, 2.24) is 9.66 Å². The molecule has 4 aromatic carbocycles. The van der Waals surface area contributed by atoms with E-state index in [1.807, 2.05) is 38.1 Å². The standard InChI is InChI=1S/C35H33BrFN3O4/c1-6-43-31-15-22(4)27(18-26(31)21(2)3)34-39-30-14-10-8-12-25(30)35(41)40(34)38-19-23-16-28(36)33(32(17-23)42-5)44-20-24-11-7-9-13-29(24)37/h7-19,21H,6,20H2,1-5H3. The Bertz CT molecular complexity index is 1920. The van der Waals surface area contributed by atoms with Gasteiger partial charge >= 0.3 is 0 Å². The van der Waals surface area contributed by atoms with Gasteiger partial charge in [-0.2, -0.15) is 9.78 Å². The second-order valence-electron chi connectivity index (χ2n) is 10.5. The van der Waals surface area contributed by atoms with Crippen LogP contribution in [0.25, 0.3) is 22.3 Å². The van der Waals surface area contributed by atoms with Crippen LogP contribution in [0.4, 0.5) is 4.39 Å². The van der Waals surface area contributed by atoms with Gasteiger partial charge in [-0.15, -0.1) is 0 Å². The van der Waals surface area contributed by atoms with E-state index in [1.165, 1.54) is 17.9 Å². The van der Waals surface area contributed by atoms with Crippen LogP contribution in [-0.4, -0.2) is 29.6 Å². The van der Waals surface area contributed by atoms with Gasteiger partial charge in [0.1, 0.15) is 18.2 Å². The molecule has 0 amide bonds. The molecule has 0 aliphatic carbocycles. The van der Waals surface area contributed by atoms with Gasteiger partial charge in [0.15, 0.2) is 17.3 Å². The van der Waals surface area contributed by atoms with Gasteiger partial charge in [0, 0.05) is 11.1 Å². The molecule has 226 valence electrons. The van der Waals surface area contributed by atoms with E-state index in [9.17, 15) is 9.18 Å². The van der Waals surface area contributed by atoms with E-state index < -0.39 is 0 Å². The molecule has 0 aliphatic rings. The number of halogens is 2. The Kier molecular flexibility index (Phi) is 9.44. The predicted molar refractivity (Wildman–Crippen MR) is 176 cm³/mol. The highest BCUT2D eigenvalue weighted by Gasteiger charge is 2.19. The van der Waals surface area contributed by atoms with Crippen molar-refractivity contribution < 1.29 is 18.6 Å². The Morgan fingerprint density at radius 2 is 1.77 bits per heavy atom. The topological polar surface area (TPSA) is 74.9 Å². The Morgan fingerprint density at radius 3 is 2.50 bits per heavy atom. The zero-order valence-electron chi connectivity index (χ0n) is 25.2. The summed E-state index contributed by atoms with van der Waals surface area (Å²) in [6.07, 6.45) is 1.57. The van der Waals surface area contributed by atoms with Crippen LogP contribution in [0.1, 0.15) is 48.9 Å². The summed E-state index contributed by atoms with van der Waals surface area (Å²) in [6, 6.07) is 21.2. The molecule has 0 bridgehead atoms. The molecule has 1 heterocycles. The first-order chi connectivity index (χ1) is 21.2. The number of hydrogen-bond donors (Lipinski definition) is 0. The minimum atomic E-state index is -0.347. The molecule has 0 N–H and O–H groups in total. The van der Waals surface area contributed by atoms with Crippen molar-refractivity contribution in [2.24, 2.45) is 5.10 Å². The van der Waals surface area contributed by atoms with Crippen LogP contribution in [0.5, 0.6) is 17.2 Å². The van der Waals surface area contributed by atoms with Gasteiger partial charge in [-0.05, 0) is 94.9 Å². The van der Waals surface area contributed by atoms with Gasteiger partial charge in [-0.1, -0.05) is 44.2 Å². The number of aromatic nitrogens is 2. The third-order valence-corrected chi connectivity index (χ3v) is 7.77. The van der Waals surface area contributed by atoms with Crippen molar-refractivity contribution >= 4 is 33.0 Å². The zero-order chi connectivity index (χ0) is 31.4. The highest BCUT2D eigenvalue weighted by Crippen LogP contribution is 2.37. The van der Waals surface area contributed by atoms with Crippen LogP contribution in [0.15, 0.2) is 87.2 Å². The Balaban J connectivity index is 1.59. The maximum Gasteiger partial charge on any atom is 0.282 e. The molecule has 5 aromatic rings. The first-order valence-corrected chi connectivity index (χ1v) is 15.1. The van der Waals surface area contributed by atoms with Gasteiger partial charge < -0.3 is 14.2 Å². The lowest BCUT2D eigenvalue weighted by Crippen LogP contribution is -2.21. The summed E-state index contributed by atoms with van der Waals surface area (Å²) in [6.45, 7) is 8.71. The summed E-state index contributed by atoms with van der Waals surface area (Å²) in [7, 11) is 1.52. The third kappa shape index (κ3) is 6.38. The molecule has 1 aromatic heterocycles. The van der Waals surface area contributed by atoms with Crippen LogP contribution in [-0.2, 0) is 6.61 Å². The van der Waals surface area contributed by atoms with Gasteiger partial charge in [0.25, 0.3) is 5.56 Å².